The molecule has 0 aromatic heterocycles. The van der Waals surface area contributed by atoms with E-state index >= 15 is 0 Å². The summed E-state index contributed by atoms with van der Waals surface area (Å²) in [5.41, 5.74) is 0.527. The van der Waals surface area contributed by atoms with E-state index in [1.165, 1.54) is 0 Å². The maximum absolute atomic E-state index is 11.1. The fourth-order valence-corrected chi connectivity index (χ4v) is 2.39. The molecule has 20 heavy (non-hydrogen) atoms. The average molecular weight is 273 g/mol. The van der Waals surface area contributed by atoms with Crippen molar-refractivity contribution >= 4 is 5.97 Å². The molecule has 0 bridgehead atoms. The van der Waals surface area contributed by atoms with E-state index in [1.54, 1.807) is 6.92 Å². The van der Waals surface area contributed by atoms with Gasteiger partial charge in [0.2, 0.25) is 0 Å². The van der Waals surface area contributed by atoms with Gasteiger partial charge in [-0.1, -0.05) is 51.1 Å². The fraction of sp³-hybridized carbons (Fsp3) is 0.529. The van der Waals surface area contributed by atoms with Gasteiger partial charge < -0.3 is 4.74 Å². The maximum atomic E-state index is 11.1. The van der Waals surface area contributed by atoms with Gasteiger partial charge in [0.25, 0.3) is 0 Å². The molecule has 1 rings (SSSR count). The molecule has 0 spiro atoms. The minimum atomic E-state index is -0.514. The van der Waals surface area contributed by atoms with Crippen molar-refractivity contribution in [2.24, 2.45) is 5.92 Å². The van der Waals surface area contributed by atoms with Crippen LogP contribution in [0.15, 0.2) is 30.3 Å². The zero-order valence-electron chi connectivity index (χ0n) is 12.6. The number of esters is 1. The first kappa shape index (κ1) is 16.2. The van der Waals surface area contributed by atoms with Gasteiger partial charge in [-0.3, -0.25) is 4.79 Å². The Morgan fingerprint density at radius 2 is 2.00 bits per heavy atom. The second kappa shape index (κ2) is 7.69. The molecule has 0 saturated heterocycles. The van der Waals surface area contributed by atoms with Gasteiger partial charge in [0.1, 0.15) is 0 Å². The molecule has 0 N–H and O–H groups in total. The van der Waals surface area contributed by atoms with Crippen LogP contribution in [-0.2, 0) is 14.9 Å². The number of carbonyl (C=O) groups is 1. The summed E-state index contributed by atoms with van der Waals surface area (Å²) in [7, 11) is 0. The summed E-state index contributed by atoms with van der Waals surface area (Å²) in [4.78, 5) is 11.1. The van der Waals surface area contributed by atoms with Crippen molar-refractivity contribution in [3.63, 3.8) is 0 Å². The molecule has 0 amide bonds. The van der Waals surface area contributed by atoms with Crippen LogP contribution >= 0.6 is 0 Å². The maximum Gasteiger partial charge on any atom is 0.305 e. The highest BCUT2D eigenvalue weighted by atomic mass is 16.5. The Kier molecular flexibility index (Phi) is 6.24. The van der Waals surface area contributed by atoms with Crippen LogP contribution in [0.1, 0.15) is 45.6 Å². The fourth-order valence-electron chi connectivity index (χ4n) is 2.39. The number of carbonyl (C=O) groups excluding carboxylic acids is 1. The standard InChI is InChI=1S/C17H23NO2/c1-4-16(19)20-12-8-11-17(13-18,14(2)3)15-9-6-5-7-10-15/h5-7,9-10,14H,4,8,11-12H2,1-3H3. The first-order chi connectivity index (χ1) is 9.56. The highest BCUT2D eigenvalue weighted by Gasteiger charge is 2.35. The van der Waals surface area contributed by atoms with Gasteiger partial charge in [-0.25, -0.2) is 0 Å². The minimum Gasteiger partial charge on any atom is -0.466 e. The number of ether oxygens (including phenoxy) is 1. The lowest BCUT2D eigenvalue weighted by molar-refractivity contribution is -0.143. The van der Waals surface area contributed by atoms with Gasteiger partial charge in [0.15, 0.2) is 0 Å². The van der Waals surface area contributed by atoms with E-state index in [4.69, 9.17) is 4.74 Å². The minimum absolute atomic E-state index is 0.184. The molecule has 1 aromatic rings. The van der Waals surface area contributed by atoms with E-state index in [9.17, 15) is 10.1 Å². The summed E-state index contributed by atoms with van der Waals surface area (Å²) in [6, 6.07) is 12.4. The number of hydrogen-bond acceptors (Lipinski definition) is 3. The third-order valence-electron chi connectivity index (χ3n) is 3.74. The molecule has 0 fully saturated rings. The summed E-state index contributed by atoms with van der Waals surface area (Å²) in [5.74, 6) is 0.0218. The Hall–Kier alpha value is -1.82. The van der Waals surface area contributed by atoms with Crippen molar-refractivity contribution in [3.05, 3.63) is 35.9 Å². The Bertz CT molecular complexity index is 462. The summed E-state index contributed by atoms with van der Waals surface area (Å²) < 4.78 is 5.10. The highest BCUT2D eigenvalue weighted by molar-refractivity contribution is 5.68. The SMILES string of the molecule is CCC(=O)OCCCC(C#N)(c1ccccc1)C(C)C. The molecule has 1 unspecified atom stereocenters. The zero-order chi connectivity index (χ0) is 15.0. The quantitative estimate of drug-likeness (QED) is 0.560. The molecule has 0 aliphatic rings. The summed E-state index contributed by atoms with van der Waals surface area (Å²) in [6.45, 7) is 6.29. The zero-order valence-corrected chi connectivity index (χ0v) is 12.6. The lowest BCUT2D eigenvalue weighted by atomic mass is 9.70. The number of benzene rings is 1. The number of rotatable bonds is 7. The molecule has 0 heterocycles. The van der Waals surface area contributed by atoms with Crippen molar-refractivity contribution in [2.75, 3.05) is 6.61 Å². The van der Waals surface area contributed by atoms with Crippen LogP contribution in [0.2, 0.25) is 0 Å². The van der Waals surface area contributed by atoms with Gasteiger partial charge in [0.05, 0.1) is 18.1 Å². The van der Waals surface area contributed by atoms with Crippen LogP contribution in [-0.4, -0.2) is 12.6 Å². The number of hydrogen-bond donors (Lipinski definition) is 0. The van der Waals surface area contributed by atoms with E-state index in [2.05, 4.69) is 19.9 Å². The van der Waals surface area contributed by atoms with Crippen LogP contribution < -0.4 is 0 Å². The summed E-state index contributed by atoms with van der Waals surface area (Å²) in [6.07, 6.45) is 1.79. The van der Waals surface area contributed by atoms with Crippen LogP contribution in [0.3, 0.4) is 0 Å². The second-order valence-electron chi connectivity index (χ2n) is 5.28. The van der Waals surface area contributed by atoms with Crippen LogP contribution in [0.4, 0.5) is 0 Å². The average Bonchev–Trinajstić information content (AvgIpc) is 2.48. The molecule has 0 aliphatic carbocycles. The molecule has 1 aromatic carbocycles. The molecule has 0 saturated carbocycles. The highest BCUT2D eigenvalue weighted by Crippen LogP contribution is 2.36. The van der Waals surface area contributed by atoms with Gasteiger partial charge in [0, 0.05) is 6.42 Å². The molecule has 1 atom stereocenters. The van der Waals surface area contributed by atoms with E-state index in [1.807, 2.05) is 30.3 Å². The largest absolute Gasteiger partial charge is 0.466 e. The van der Waals surface area contributed by atoms with Crippen molar-refractivity contribution in [1.29, 1.82) is 5.26 Å². The van der Waals surface area contributed by atoms with Crippen molar-refractivity contribution in [1.82, 2.24) is 0 Å². The molecule has 0 radical (unpaired) electrons. The molecular formula is C17H23NO2. The van der Waals surface area contributed by atoms with Crippen LogP contribution in [0.5, 0.6) is 0 Å². The molecule has 3 nitrogen and oxygen atoms in total. The normalized spacial score (nSPS) is 13.6. The second-order valence-corrected chi connectivity index (χ2v) is 5.28. The molecule has 0 aliphatic heterocycles. The van der Waals surface area contributed by atoms with Gasteiger partial charge in [-0.2, -0.15) is 5.26 Å². The van der Waals surface area contributed by atoms with E-state index in [0.717, 1.165) is 5.56 Å². The Labute approximate surface area is 121 Å². The predicted molar refractivity (Wildman–Crippen MR) is 79.1 cm³/mol. The topological polar surface area (TPSA) is 50.1 Å². The van der Waals surface area contributed by atoms with Crippen LogP contribution in [0.25, 0.3) is 0 Å². The summed E-state index contributed by atoms with van der Waals surface area (Å²) >= 11 is 0. The third kappa shape index (κ3) is 3.84. The van der Waals surface area contributed by atoms with Crippen molar-refractivity contribution in [2.45, 2.75) is 45.4 Å². The molecule has 3 heteroatoms. The third-order valence-corrected chi connectivity index (χ3v) is 3.74. The lowest BCUT2D eigenvalue weighted by Gasteiger charge is -2.31. The smallest absolute Gasteiger partial charge is 0.305 e. The Morgan fingerprint density at radius 3 is 2.50 bits per heavy atom. The Morgan fingerprint density at radius 1 is 1.35 bits per heavy atom. The predicted octanol–water partition coefficient (Wildman–Crippen LogP) is 3.84. The van der Waals surface area contributed by atoms with Crippen molar-refractivity contribution < 1.29 is 9.53 Å². The molecule has 108 valence electrons. The lowest BCUT2D eigenvalue weighted by Crippen LogP contribution is -2.31. The van der Waals surface area contributed by atoms with Gasteiger partial charge >= 0.3 is 5.97 Å². The number of nitrogens with zero attached hydrogens (tertiary/aromatic N) is 1. The monoisotopic (exact) mass is 273 g/mol. The Balaban J connectivity index is 2.76. The van der Waals surface area contributed by atoms with Crippen LogP contribution in [0, 0.1) is 17.2 Å². The first-order valence-corrected chi connectivity index (χ1v) is 7.19. The first-order valence-electron chi connectivity index (χ1n) is 7.19. The van der Waals surface area contributed by atoms with Gasteiger partial charge in [-0.15, -0.1) is 0 Å². The van der Waals surface area contributed by atoms with E-state index in [0.29, 0.717) is 25.9 Å². The van der Waals surface area contributed by atoms with E-state index < -0.39 is 5.41 Å². The van der Waals surface area contributed by atoms with E-state index in [-0.39, 0.29) is 11.9 Å². The summed E-state index contributed by atoms with van der Waals surface area (Å²) in [5, 5.41) is 9.70. The molecular weight excluding hydrogens is 250 g/mol. The van der Waals surface area contributed by atoms with Gasteiger partial charge in [-0.05, 0) is 24.3 Å². The number of nitriles is 1. The van der Waals surface area contributed by atoms with Crippen molar-refractivity contribution in [3.8, 4) is 6.07 Å².